The quantitative estimate of drug-likeness (QED) is 0.773. The lowest BCUT2D eigenvalue weighted by atomic mass is 9.80. The molecule has 1 aliphatic heterocycles. The Bertz CT molecular complexity index is 497. The molecule has 1 aliphatic carbocycles. The molecule has 0 amide bonds. The van der Waals surface area contributed by atoms with Crippen LogP contribution >= 0.6 is 0 Å². The largest absolute Gasteiger partial charge is 0.375 e. The minimum absolute atomic E-state index is 0.00962. The Labute approximate surface area is 120 Å². The van der Waals surface area contributed by atoms with Gasteiger partial charge in [0.1, 0.15) is 0 Å². The second-order valence-electron chi connectivity index (χ2n) is 6.43. The van der Waals surface area contributed by atoms with Crippen LogP contribution in [0.1, 0.15) is 60.3 Å². The summed E-state index contributed by atoms with van der Waals surface area (Å²) in [5.74, 6) is 0.413. The molecule has 1 saturated heterocycles. The van der Waals surface area contributed by atoms with Crippen molar-refractivity contribution in [3.05, 3.63) is 29.1 Å². The van der Waals surface area contributed by atoms with Gasteiger partial charge < -0.3 is 4.74 Å². The molecule has 1 aromatic rings. The maximum atomic E-state index is 12.8. The topological polar surface area (TPSA) is 39.2 Å². The zero-order valence-corrected chi connectivity index (χ0v) is 12.4. The van der Waals surface area contributed by atoms with Gasteiger partial charge in [-0.25, -0.2) is 0 Å². The van der Waals surface area contributed by atoms with Crippen molar-refractivity contribution in [2.75, 3.05) is 6.61 Å². The van der Waals surface area contributed by atoms with Gasteiger partial charge in [-0.1, -0.05) is 12.8 Å². The van der Waals surface area contributed by atoms with Gasteiger partial charge in [-0.15, -0.1) is 0 Å². The van der Waals surface area contributed by atoms with Crippen molar-refractivity contribution >= 4 is 5.78 Å². The minimum Gasteiger partial charge on any atom is -0.375 e. The van der Waals surface area contributed by atoms with E-state index in [-0.39, 0.29) is 17.3 Å². The molecule has 108 valence electrons. The average Bonchev–Trinajstić information content (AvgIpc) is 2.85. The minimum atomic E-state index is 0.00962. The van der Waals surface area contributed by atoms with Crippen LogP contribution in [0.5, 0.6) is 0 Å². The lowest BCUT2D eigenvalue weighted by Gasteiger charge is -2.37. The van der Waals surface area contributed by atoms with E-state index in [1.165, 1.54) is 12.8 Å². The van der Waals surface area contributed by atoms with Crippen molar-refractivity contribution in [3.63, 3.8) is 0 Å². The first-order valence-electron chi connectivity index (χ1n) is 7.71. The number of hydrogen-bond acceptors (Lipinski definition) is 3. The van der Waals surface area contributed by atoms with E-state index in [0.29, 0.717) is 0 Å². The first-order valence-corrected chi connectivity index (χ1v) is 7.71. The number of carbonyl (C=O) groups excluding carboxylic acids is 1. The molecule has 1 saturated carbocycles. The van der Waals surface area contributed by atoms with Crippen molar-refractivity contribution in [1.29, 1.82) is 0 Å². The van der Waals surface area contributed by atoms with Crippen LogP contribution in [-0.2, 0) is 4.74 Å². The Hall–Kier alpha value is -1.22. The summed E-state index contributed by atoms with van der Waals surface area (Å²) in [6.07, 6.45) is 6.52. The van der Waals surface area contributed by atoms with Crippen molar-refractivity contribution in [3.8, 4) is 0 Å². The summed E-state index contributed by atoms with van der Waals surface area (Å²) in [6.45, 7) is 4.64. The molecule has 1 aromatic heterocycles. The molecule has 2 heterocycles. The van der Waals surface area contributed by atoms with Crippen LogP contribution in [0, 0.1) is 19.8 Å². The van der Waals surface area contributed by atoms with Gasteiger partial charge in [-0.2, -0.15) is 0 Å². The Morgan fingerprint density at radius 3 is 2.55 bits per heavy atom. The molecule has 1 atom stereocenters. The van der Waals surface area contributed by atoms with E-state index >= 15 is 0 Å². The van der Waals surface area contributed by atoms with E-state index in [1.807, 2.05) is 26.0 Å². The predicted octanol–water partition coefficient (Wildman–Crippen LogP) is 3.62. The Balaban J connectivity index is 1.79. The highest BCUT2D eigenvalue weighted by molar-refractivity contribution is 5.98. The summed E-state index contributed by atoms with van der Waals surface area (Å²) in [4.78, 5) is 17.1. The summed E-state index contributed by atoms with van der Waals surface area (Å²) in [7, 11) is 0. The fraction of sp³-hybridized carbons (Fsp3) is 0.647. The van der Waals surface area contributed by atoms with E-state index in [4.69, 9.17) is 4.74 Å². The molecular formula is C17H23NO2. The maximum absolute atomic E-state index is 12.8. The number of carbonyl (C=O) groups is 1. The van der Waals surface area contributed by atoms with Gasteiger partial charge in [0.05, 0.1) is 5.60 Å². The number of aryl methyl sites for hydroxylation is 2. The molecule has 3 rings (SSSR count). The molecule has 0 radical (unpaired) electrons. The third-order valence-electron chi connectivity index (χ3n) is 4.74. The molecule has 0 aromatic carbocycles. The van der Waals surface area contributed by atoms with Crippen molar-refractivity contribution in [2.24, 2.45) is 5.92 Å². The summed E-state index contributed by atoms with van der Waals surface area (Å²) < 4.78 is 6.03. The zero-order chi connectivity index (χ0) is 14.2. The lowest BCUT2D eigenvalue weighted by Crippen LogP contribution is -2.39. The van der Waals surface area contributed by atoms with Crippen LogP contribution in [-0.4, -0.2) is 23.0 Å². The van der Waals surface area contributed by atoms with Crippen LogP contribution in [0.25, 0.3) is 0 Å². The lowest BCUT2D eigenvalue weighted by molar-refractivity contribution is -0.0866. The molecule has 0 bridgehead atoms. The molecule has 3 nitrogen and oxygen atoms in total. The van der Waals surface area contributed by atoms with Gasteiger partial charge in [0.15, 0.2) is 5.78 Å². The number of ether oxygens (including phenoxy) is 1. The maximum Gasteiger partial charge on any atom is 0.166 e. The number of aromatic nitrogens is 1. The van der Waals surface area contributed by atoms with Gasteiger partial charge in [0.2, 0.25) is 0 Å². The monoisotopic (exact) mass is 273 g/mol. The highest BCUT2D eigenvalue weighted by Gasteiger charge is 2.42. The molecule has 2 aliphatic rings. The summed E-state index contributed by atoms with van der Waals surface area (Å²) in [5.41, 5.74) is 2.69. The average molecular weight is 273 g/mol. The highest BCUT2D eigenvalue weighted by Crippen LogP contribution is 2.42. The summed E-state index contributed by atoms with van der Waals surface area (Å²) >= 11 is 0. The number of pyridine rings is 1. The number of ketones is 1. The Kier molecular flexibility index (Phi) is 3.63. The Morgan fingerprint density at radius 2 is 1.90 bits per heavy atom. The van der Waals surface area contributed by atoms with Crippen LogP contribution in [0.3, 0.4) is 0 Å². The van der Waals surface area contributed by atoms with E-state index in [2.05, 4.69) is 4.98 Å². The third-order valence-corrected chi connectivity index (χ3v) is 4.74. The molecule has 1 unspecified atom stereocenters. The van der Waals surface area contributed by atoms with Crippen LogP contribution in [0.4, 0.5) is 0 Å². The predicted molar refractivity (Wildman–Crippen MR) is 77.9 cm³/mol. The standard InChI is InChI=1S/C17H23NO2/c1-12-9-15(10-13(2)18-12)16(19)14-5-8-20-17(11-14)6-3-4-7-17/h9-10,14H,3-8,11H2,1-2H3. The molecule has 0 N–H and O–H groups in total. The number of hydrogen-bond donors (Lipinski definition) is 0. The fourth-order valence-electron chi connectivity index (χ4n) is 3.83. The van der Waals surface area contributed by atoms with Crippen LogP contribution in [0.15, 0.2) is 12.1 Å². The first-order chi connectivity index (χ1) is 9.58. The van der Waals surface area contributed by atoms with Gasteiger partial charge >= 0.3 is 0 Å². The van der Waals surface area contributed by atoms with E-state index in [9.17, 15) is 4.79 Å². The van der Waals surface area contributed by atoms with E-state index in [1.54, 1.807) is 0 Å². The second-order valence-corrected chi connectivity index (χ2v) is 6.43. The fourth-order valence-corrected chi connectivity index (χ4v) is 3.83. The van der Waals surface area contributed by atoms with E-state index < -0.39 is 0 Å². The molecular weight excluding hydrogens is 250 g/mol. The van der Waals surface area contributed by atoms with Crippen molar-refractivity contribution in [2.45, 2.75) is 58.0 Å². The number of rotatable bonds is 2. The van der Waals surface area contributed by atoms with Gasteiger partial charge in [-0.05, 0) is 51.7 Å². The first kappa shape index (κ1) is 13.7. The van der Waals surface area contributed by atoms with Gasteiger partial charge in [0, 0.05) is 29.5 Å². The van der Waals surface area contributed by atoms with Crippen molar-refractivity contribution in [1.82, 2.24) is 4.98 Å². The Morgan fingerprint density at radius 1 is 1.25 bits per heavy atom. The van der Waals surface area contributed by atoms with Gasteiger partial charge in [0.25, 0.3) is 0 Å². The highest BCUT2D eigenvalue weighted by atomic mass is 16.5. The van der Waals surface area contributed by atoms with Crippen molar-refractivity contribution < 1.29 is 9.53 Å². The van der Waals surface area contributed by atoms with Gasteiger partial charge in [-0.3, -0.25) is 9.78 Å². The summed E-state index contributed by atoms with van der Waals surface area (Å²) in [6, 6.07) is 3.85. The number of Topliss-reactive ketones (excluding diaryl/α,β-unsaturated/α-hetero) is 1. The van der Waals surface area contributed by atoms with E-state index in [0.717, 1.165) is 49.2 Å². The molecule has 1 spiro atoms. The second kappa shape index (κ2) is 5.28. The smallest absolute Gasteiger partial charge is 0.166 e. The number of nitrogens with zero attached hydrogens (tertiary/aromatic N) is 1. The van der Waals surface area contributed by atoms with Crippen LogP contribution < -0.4 is 0 Å². The molecule has 20 heavy (non-hydrogen) atoms. The SMILES string of the molecule is Cc1cc(C(=O)C2CCOC3(CCCC3)C2)cc(C)n1. The molecule has 3 heteroatoms. The van der Waals surface area contributed by atoms with Crippen LogP contribution in [0.2, 0.25) is 0 Å². The summed E-state index contributed by atoms with van der Waals surface area (Å²) in [5, 5.41) is 0. The molecule has 2 fully saturated rings. The normalized spacial score (nSPS) is 25.0. The third kappa shape index (κ3) is 2.64. The zero-order valence-electron chi connectivity index (χ0n) is 12.4.